The van der Waals surface area contributed by atoms with Crippen LogP contribution in [0.25, 0.3) is 0 Å². The third-order valence-corrected chi connectivity index (χ3v) is 3.97. The molecule has 6 heteroatoms. The van der Waals surface area contributed by atoms with Crippen molar-refractivity contribution < 1.29 is 23.8 Å². The number of benzene rings is 2. The van der Waals surface area contributed by atoms with Crippen LogP contribution >= 0.6 is 0 Å². The molecule has 0 saturated heterocycles. The molecule has 0 spiro atoms. The standard InChI is InChI=1S/C19H20FNO4/c1-13(15-8-5-9-16(20)10-15)17(18(22)23)11-21-19(24)25-12-14-6-3-2-4-7-14/h2-10,13,17H,11-12H2,1H3,(H,21,24)(H,22,23)/t13-,17+/m0/s1. The van der Waals surface area contributed by atoms with Crippen molar-refractivity contribution in [2.75, 3.05) is 6.54 Å². The molecule has 25 heavy (non-hydrogen) atoms. The maximum absolute atomic E-state index is 13.3. The van der Waals surface area contributed by atoms with Crippen molar-refractivity contribution in [1.82, 2.24) is 5.32 Å². The number of hydrogen-bond donors (Lipinski definition) is 2. The van der Waals surface area contributed by atoms with Gasteiger partial charge in [-0.25, -0.2) is 9.18 Å². The lowest BCUT2D eigenvalue weighted by Gasteiger charge is -2.21. The van der Waals surface area contributed by atoms with Crippen LogP contribution in [0.4, 0.5) is 9.18 Å². The van der Waals surface area contributed by atoms with Gasteiger partial charge in [-0.05, 0) is 29.2 Å². The van der Waals surface area contributed by atoms with Crippen LogP contribution < -0.4 is 5.32 Å². The molecule has 2 aromatic rings. The largest absolute Gasteiger partial charge is 0.481 e. The van der Waals surface area contributed by atoms with E-state index in [0.29, 0.717) is 5.56 Å². The zero-order valence-corrected chi connectivity index (χ0v) is 13.8. The maximum atomic E-state index is 13.3. The molecule has 0 unspecified atom stereocenters. The normalized spacial score (nSPS) is 12.9. The lowest BCUT2D eigenvalue weighted by atomic mass is 9.87. The van der Waals surface area contributed by atoms with Crippen molar-refractivity contribution in [1.29, 1.82) is 0 Å². The zero-order valence-electron chi connectivity index (χ0n) is 13.8. The molecule has 0 aliphatic rings. The topological polar surface area (TPSA) is 75.6 Å². The summed E-state index contributed by atoms with van der Waals surface area (Å²) in [5.41, 5.74) is 1.40. The van der Waals surface area contributed by atoms with Gasteiger partial charge in [-0.3, -0.25) is 4.79 Å². The van der Waals surface area contributed by atoms with Gasteiger partial charge >= 0.3 is 12.1 Å². The summed E-state index contributed by atoms with van der Waals surface area (Å²) in [7, 11) is 0. The SMILES string of the molecule is C[C@@H](c1cccc(F)c1)[C@@H](CNC(=O)OCc1ccccc1)C(=O)O. The van der Waals surface area contributed by atoms with Gasteiger partial charge in [0.15, 0.2) is 0 Å². The first-order valence-corrected chi connectivity index (χ1v) is 7.90. The van der Waals surface area contributed by atoms with Crippen molar-refractivity contribution in [3.05, 3.63) is 71.5 Å². The van der Waals surface area contributed by atoms with Crippen LogP contribution in [-0.2, 0) is 16.1 Å². The van der Waals surface area contributed by atoms with Gasteiger partial charge in [0, 0.05) is 6.54 Å². The Hall–Kier alpha value is -2.89. The number of alkyl carbamates (subject to hydrolysis) is 1. The van der Waals surface area contributed by atoms with Crippen LogP contribution in [0, 0.1) is 11.7 Å². The highest BCUT2D eigenvalue weighted by Gasteiger charge is 2.27. The van der Waals surface area contributed by atoms with Crippen molar-refractivity contribution in [2.45, 2.75) is 19.4 Å². The number of halogens is 1. The van der Waals surface area contributed by atoms with Gasteiger partial charge in [0.1, 0.15) is 12.4 Å². The van der Waals surface area contributed by atoms with Crippen molar-refractivity contribution >= 4 is 12.1 Å². The smallest absolute Gasteiger partial charge is 0.407 e. The number of nitrogens with one attached hydrogen (secondary N) is 1. The van der Waals surface area contributed by atoms with E-state index in [1.165, 1.54) is 18.2 Å². The minimum atomic E-state index is -1.07. The zero-order chi connectivity index (χ0) is 18.2. The molecular formula is C19H20FNO4. The molecule has 0 heterocycles. The molecule has 0 saturated carbocycles. The Kier molecular flexibility index (Phi) is 6.51. The van der Waals surface area contributed by atoms with E-state index in [0.717, 1.165) is 5.56 Å². The molecule has 5 nitrogen and oxygen atoms in total. The third-order valence-electron chi connectivity index (χ3n) is 3.97. The highest BCUT2D eigenvalue weighted by Crippen LogP contribution is 2.24. The first-order valence-electron chi connectivity index (χ1n) is 7.90. The molecule has 0 aliphatic carbocycles. The fourth-order valence-corrected chi connectivity index (χ4v) is 2.47. The van der Waals surface area contributed by atoms with Gasteiger partial charge < -0.3 is 15.2 Å². The van der Waals surface area contributed by atoms with Crippen molar-refractivity contribution in [3.63, 3.8) is 0 Å². The van der Waals surface area contributed by atoms with Crippen LogP contribution in [0.1, 0.15) is 24.0 Å². The van der Waals surface area contributed by atoms with E-state index in [9.17, 15) is 19.1 Å². The molecule has 132 valence electrons. The van der Waals surface area contributed by atoms with Gasteiger partial charge in [0.05, 0.1) is 5.92 Å². The molecule has 2 N–H and O–H groups in total. The quantitative estimate of drug-likeness (QED) is 0.804. The number of aliphatic carboxylic acids is 1. The second-order valence-electron chi connectivity index (χ2n) is 5.73. The fraction of sp³-hybridized carbons (Fsp3) is 0.263. The Morgan fingerprint density at radius 2 is 1.88 bits per heavy atom. The minimum absolute atomic E-state index is 0.101. The summed E-state index contributed by atoms with van der Waals surface area (Å²) in [4.78, 5) is 23.3. The number of carbonyl (C=O) groups excluding carboxylic acids is 1. The van der Waals surface area contributed by atoms with E-state index >= 15 is 0 Å². The summed E-state index contributed by atoms with van der Waals surface area (Å²) in [5.74, 6) is -2.86. The van der Waals surface area contributed by atoms with E-state index in [4.69, 9.17) is 4.74 Å². The van der Waals surface area contributed by atoms with E-state index < -0.39 is 29.7 Å². The van der Waals surface area contributed by atoms with Crippen LogP contribution in [0.2, 0.25) is 0 Å². The highest BCUT2D eigenvalue weighted by atomic mass is 19.1. The van der Waals surface area contributed by atoms with Crippen LogP contribution in [0.15, 0.2) is 54.6 Å². The van der Waals surface area contributed by atoms with Crippen LogP contribution in [0.3, 0.4) is 0 Å². The molecular weight excluding hydrogens is 325 g/mol. The summed E-state index contributed by atoms with van der Waals surface area (Å²) >= 11 is 0. The number of carboxylic acids is 1. The number of carbonyl (C=O) groups is 2. The third kappa shape index (κ3) is 5.60. The van der Waals surface area contributed by atoms with Gasteiger partial charge in [-0.15, -0.1) is 0 Å². The van der Waals surface area contributed by atoms with Crippen LogP contribution in [-0.4, -0.2) is 23.7 Å². The molecule has 0 aliphatic heterocycles. The second kappa shape index (κ2) is 8.82. The Morgan fingerprint density at radius 1 is 1.16 bits per heavy atom. The lowest BCUT2D eigenvalue weighted by Crippen LogP contribution is -2.35. The van der Waals surface area contributed by atoms with E-state index in [-0.39, 0.29) is 13.2 Å². The van der Waals surface area contributed by atoms with Crippen LogP contribution in [0.5, 0.6) is 0 Å². The molecule has 1 amide bonds. The summed E-state index contributed by atoms with van der Waals surface area (Å²) < 4.78 is 18.4. The first kappa shape index (κ1) is 18.4. The summed E-state index contributed by atoms with van der Waals surface area (Å²) in [5, 5.41) is 11.9. The lowest BCUT2D eigenvalue weighted by molar-refractivity contribution is -0.142. The average molecular weight is 345 g/mol. The van der Waals surface area contributed by atoms with Crippen molar-refractivity contribution in [3.8, 4) is 0 Å². The molecule has 0 bridgehead atoms. The Labute approximate surface area is 145 Å². The number of ether oxygens (including phenoxy) is 1. The monoisotopic (exact) mass is 345 g/mol. The van der Waals surface area contributed by atoms with Gasteiger partial charge in [-0.2, -0.15) is 0 Å². The molecule has 2 aromatic carbocycles. The van der Waals surface area contributed by atoms with E-state index in [1.54, 1.807) is 13.0 Å². The highest BCUT2D eigenvalue weighted by molar-refractivity contribution is 5.73. The summed E-state index contributed by atoms with van der Waals surface area (Å²) in [6, 6.07) is 14.9. The van der Waals surface area contributed by atoms with Gasteiger partial charge in [0.25, 0.3) is 0 Å². The maximum Gasteiger partial charge on any atom is 0.407 e. The number of amides is 1. The van der Waals surface area contributed by atoms with Crippen molar-refractivity contribution in [2.24, 2.45) is 5.92 Å². The Balaban J connectivity index is 1.90. The van der Waals surface area contributed by atoms with E-state index in [1.807, 2.05) is 30.3 Å². The van der Waals surface area contributed by atoms with Gasteiger partial charge in [0.2, 0.25) is 0 Å². The first-order chi connectivity index (χ1) is 12.0. The fourth-order valence-electron chi connectivity index (χ4n) is 2.47. The summed E-state index contributed by atoms with van der Waals surface area (Å²) in [6.07, 6.45) is -0.693. The predicted octanol–water partition coefficient (Wildman–Crippen LogP) is 3.56. The molecule has 0 radical (unpaired) electrons. The average Bonchev–Trinajstić information content (AvgIpc) is 2.60. The van der Waals surface area contributed by atoms with Gasteiger partial charge in [-0.1, -0.05) is 49.4 Å². The molecule has 2 atom stereocenters. The minimum Gasteiger partial charge on any atom is -0.481 e. The predicted molar refractivity (Wildman–Crippen MR) is 90.6 cm³/mol. The number of carboxylic acid groups (broad SMARTS) is 1. The molecule has 0 aromatic heterocycles. The number of rotatable bonds is 7. The Bertz CT molecular complexity index is 720. The summed E-state index contributed by atoms with van der Waals surface area (Å²) in [6.45, 7) is 1.68. The number of hydrogen-bond acceptors (Lipinski definition) is 3. The molecule has 0 fully saturated rings. The Morgan fingerprint density at radius 3 is 2.52 bits per heavy atom. The molecule has 2 rings (SSSR count). The van der Waals surface area contributed by atoms with E-state index in [2.05, 4.69) is 5.32 Å². The second-order valence-corrected chi connectivity index (χ2v) is 5.73.